The van der Waals surface area contributed by atoms with Crippen LogP contribution in [0.3, 0.4) is 0 Å². The number of pyridine rings is 1. The van der Waals surface area contributed by atoms with Gasteiger partial charge in [0.25, 0.3) is 0 Å². The molecule has 0 aliphatic heterocycles. The van der Waals surface area contributed by atoms with Gasteiger partial charge in [0.05, 0.1) is 0 Å². The zero-order valence-electron chi connectivity index (χ0n) is 13.2. The van der Waals surface area contributed by atoms with E-state index in [2.05, 4.69) is 29.8 Å². The molecule has 1 amide bonds. The molecule has 1 aromatic heterocycles. The van der Waals surface area contributed by atoms with E-state index in [1.54, 1.807) is 0 Å². The van der Waals surface area contributed by atoms with E-state index in [9.17, 15) is 4.79 Å². The Labute approximate surface area is 122 Å². The van der Waals surface area contributed by atoms with Crippen LogP contribution in [0.1, 0.15) is 39.7 Å². The highest BCUT2D eigenvalue weighted by atomic mass is 16.2. The van der Waals surface area contributed by atoms with Crippen LogP contribution in [-0.4, -0.2) is 42.0 Å². The Morgan fingerprint density at radius 1 is 1.10 bits per heavy atom. The normalized spacial score (nSPS) is 10.4. The van der Waals surface area contributed by atoms with Crippen molar-refractivity contribution < 1.29 is 4.79 Å². The van der Waals surface area contributed by atoms with Crippen molar-refractivity contribution in [1.29, 1.82) is 0 Å². The summed E-state index contributed by atoms with van der Waals surface area (Å²) in [7, 11) is 0. The Hall–Kier alpha value is -1.58. The van der Waals surface area contributed by atoms with Crippen LogP contribution in [0.5, 0.6) is 0 Å². The van der Waals surface area contributed by atoms with Crippen molar-refractivity contribution in [2.75, 3.05) is 31.1 Å². The summed E-state index contributed by atoms with van der Waals surface area (Å²) in [6.45, 7) is 11.8. The third kappa shape index (κ3) is 4.51. The van der Waals surface area contributed by atoms with Crippen LogP contribution in [0, 0.1) is 0 Å². The number of hydrogen-bond acceptors (Lipinski definition) is 3. The summed E-state index contributed by atoms with van der Waals surface area (Å²) in [5, 5.41) is 0. The zero-order chi connectivity index (χ0) is 15.0. The van der Waals surface area contributed by atoms with Gasteiger partial charge in [-0.15, -0.1) is 0 Å². The van der Waals surface area contributed by atoms with Crippen molar-refractivity contribution in [3.63, 3.8) is 0 Å². The zero-order valence-corrected chi connectivity index (χ0v) is 13.2. The van der Waals surface area contributed by atoms with Gasteiger partial charge in [-0.2, -0.15) is 0 Å². The van der Waals surface area contributed by atoms with Gasteiger partial charge < -0.3 is 9.80 Å². The average molecular weight is 277 g/mol. The molecule has 112 valence electrons. The van der Waals surface area contributed by atoms with Crippen LogP contribution in [0.4, 0.5) is 5.82 Å². The van der Waals surface area contributed by atoms with Crippen LogP contribution in [0.2, 0.25) is 0 Å². The van der Waals surface area contributed by atoms with Gasteiger partial charge in [0.1, 0.15) is 5.82 Å². The van der Waals surface area contributed by atoms with Crippen molar-refractivity contribution in [3.05, 3.63) is 23.9 Å². The van der Waals surface area contributed by atoms with Gasteiger partial charge >= 0.3 is 0 Å². The summed E-state index contributed by atoms with van der Waals surface area (Å²) >= 11 is 0. The van der Waals surface area contributed by atoms with E-state index in [1.807, 2.05) is 31.0 Å². The van der Waals surface area contributed by atoms with E-state index in [4.69, 9.17) is 0 Å². The molecule has 0 spiro atoms. The highest BCUT2D eigenvalue weighted by Crippen LogP contribution is 2.14. The first-order valence-electron chi connectivity index (χ1n) is 7.63. The molecule has 1 heterocycles. The first kappa shape index (κ1) is 16.5. The number of carbonyl (C=O) groups is 1. The highest BCUT2D eigenvalue weighted by molar-refractivity contribution is 5.76. The number of aryl methyl sites for hydroxylation is 1. The molecule has 0 aliphatic carbocycles. The van der Waals surface area contributed by atoms with E-state index in [0.29, 0.717) is 6.42 Å². The Morgan fingerprint density at radius 3 is 2.30 bits per heavy atom. The van der Waals surface area contributed by atoms with Gasteiger partial charge in [-0.3, -0.25) is 4.79 Å². The minimum Gasteiger partial charge on any atom is -0.357 e. The van der Waals surface area contributed by atoms with E-state index >= 15 is 0 Å². The molecule has 0 bridgehead atoms. The fraction of sp³-hybridized carbons (Fsp3) is 0.625. The van der Waals surface area contributed by atoms with Crippen molar-refractivity contribution in [2.45, 2.75) is 40.5 Å². The molecule has 0 unspecified atom stereocenters. The second-order valence-electron chi connectivity index (χ2n) is 4.76. The molecule has 4 nitrogen and oxygen atoms in total. The number of hydrogen-bond donors (Lipinski definition) is 0. The molecule has 4 heteroatoms. The quantitative estimate of drug-likeness (QED) is 0.733. The lowest BCUT2D eigenvalue weighted by molar-refractivity contribution is -0.130. The Morgan fingerprint density at radius 2 is 1.75 bits per heavy atom. The van der Waals surface area contributed by atoms with Gasteiger partial charge in [-0.1, -0.05) is 0 Å². The molecule has 0 saturated heterocycles. The number of nitrogens with zero attached hydrogens (tertiary/aromatic N) is 3. The van der Waals surface area contributed by atoms with Crippen LogP contribution in [-0.2, 0) is 11.2 Å². The maximum atomic E-state index is 12.0. The lowest BCUT2D eigenvalue weighted by Crippen LogP contribution is -2.30. The predicted molar refractivity (Wildman–Crippen MR) is 84.0 cm³/mol. The third-order valence-electron chi connectivity index (χ3n) is 3.64. The van der Waals surface area contributed by atoms with E-state index in [0.717, 1.165) is 38.4 Å². The molecular weight excluding hydrogens is 250 g/mol. The number of amides is 1. The molecule has 0 fully saturated rings. The monoisotopic (exact) mass is 277 g/mol. The van der Waals surface area contributed by atoms with Gasteiger partial charge in [0, 0.05) is 38.8 Å². The molecule has 0 aromatic carbocycles. The molecule has 0 N–H and O–H groups in total. The van der Waals surface area contributed by atoms with Gasteiger partial charge in [0.15, 0.2) is 0 Å². The molecule has 1 aromatic rings. The fourth-order valence-corrected chi connectivity index (χ4v) is 2.32. The summed E-state index contributed by atoms with van der Waals surface area (Å²) < 4.78 is 0. The molecule has 1 rings (SSSR count). The Kier molecular flexibility index (Phi) is 7.05. The number of anilines is 1. The van der Waals surface area contributed by atoms with Gasteiger partial charge in [-0.05, 0) is 51.8 Å². The largest absolute Gasteiger partial charge is 0.357 e. The van der Waals surface area contributed by atoms with Crippen molar-refractivity contribution in [3.8, 4) is 0 Å². The van der Waals surface area contributed by atoms with Crippen LogP contribution >= 0.6 is 0 Å². The summed E-state index contributed by atoms with van der Waals surface area (Å²) in [5.74, 6) is 1.24. The SMILES string of the molecule is CCN(CC)C(=O)CCc1ccnc(N(CC)CC)c1. The van der Waals surface area contributed by atoms with Crippen LogP contribution in [0.25, 0.3) is 0 Å². The number of aromatic nitrogens is 1. The topological polar surface area (TPSA) is 36.4 Å². The van der Waals surface area contributed by atoms with Crippen molar-refractivity contribution in [2.24, 2.45) is 0 Å². The van der Waals surface area contributed by atoms with Crippen LogP contribution in [0.15, 0.2) is 18.3 Å². The lowest BCUT2D eigenvalue weighted by atomic mass is 10.1. The maximum absolute atomic E-state index is 12.0. The smallest absolute Gasteiger partial charge is 0.222 e. The molecule has 0 saturated carbocycles. The second-order valence-corrected chi connectivity index (χ2v) is 4.76. The van der Waals surface area contributed by atoms with Gasteiger partial charge in [0.2, 0.25) is 5.91 Å². The van der Waals surface area contributed by atoms with Crippen molar-refractivity contribution in [1.82, 2.24) is 9.88 Å². The van der Waals surface area contributed by atoms with Crippen LogP contribution < -0.4 is 4.90 Å². The second kappa shape index (κ2) is 8.56. The minimum absolute atomic E-state index is 0.233. The molecule has 20 heavy (non-hydrogen) atoms. The summed E-state index contributed by atoms with van der Waals surface area (Å²) in [5.41, 5.74) is 1.18. The summed E-state index contributed by atoms with van der Waals surface area (Å²) in [6.07, 6.45) is 3.19. The Balaban J connectivity index is 2.65. The van der Waals surface area contributed by atoms with E-state index in [1.165, 1.54) is 5.56 Å². The minimum atomic E-state index is 0.233. The molecule has 0 radical (unpaired) electrons. The predicted octanol–water partition coefficient (Wildman–Crippen LogP) is 2.73. The number of carbonyl (C=O) groups excluding carboxylic acids is 1. The number of rotatable bonds is 8. The standard InChI is InChI=1S/C16H27N3O/c1-5-18(6-2)15-13-14(11-12-17-15)9-10-16(20)19(7-3)8-4/h11-13H,5-10H2,1-4H3. The maximum Gasteiger partial charge on any atom is 0.222 e. The summed E-state index contributed by atoms with van der Waals surface area (Å²) in [6, 6.07) is 4.10. The third-order valence-corrected chi connectivity index (χ3v) is 3.64. The fourth-order valence-electron chi connectivity index (χ4n) is 2.32. The van der Waals surface area contributed by atoms with E-state index in [-0.39, 0.29) is 5.91 Å². The highest BCUT2D eigenvalue weighted by Gasteiger charge is 2.10. The molecule has 0 atom stereocenters. The van der Waals surface area contributed by atoms with Crippen molar-refractivity contribution >= 4 is 11.7 Å². The Bertz CT molecular complexity index is 412. The van der Waals surface area contributed by atoms with E-state index < -0.39 is 0 Å². The molecular formula is C16H27N3O. The average Bonchev–Trinajstić information content (AvgIpc) is 2.48. The first-order valence-corrected chi connectivity index (χ1v) is 7.63. The molecule has 0 aliphatic rings. The summed E-state index contributed by atoms with van der Waals surface area (Å²) in [4.78, 5) is 20.5. The lowest BCUT2D eigenvalue weighted by Gasteiger charge is -2.21. The van der Waals surface area contributed by atoms with Gasteiger partial charge in [-0.25, -0.2) is 4.98 Å². The first-order chi connectivity index (χ1) is 9.65.